The third-order valence-corrected chi connectivity index (χ3v) is 6.03. The Bertz CT molecular complexity index is 1230. The number of rotatable bonds is 7. The van der Waals surface area contributed by atoms with Crippen LogP contribution in [0.3, 0.4) is 0 Å². The fraction of sp³-hybridized carbons (Fsp3) is 0.130. The van der Waals surface area contributed by atoms with Gasteiger partial charge < -0.3 is 10.1 Å². The number of carbonyl (C=O) groups is 1. The van der Waals surface area contributed by atoms with Crippen LogP contribution in [0.15, 0.2) is 72.1 Å². The molecule has 0 aliphatic heterocycles. The van der Waals surface area contributed by atoms with Crippen LogP contribution in [0.2, 0.25) is 5.02 Å². The lowest BCUT2D eigenvalue weighted by Crippen LogP contribution is -2.14. The average Bonchev–Trinajstić information content (AvgIpc) is 3.25. The molecule has 7 nitrogen and oxygen atoms in total. The molecular formula is C23H20ClN5O2S. The first kappa shape index (κ1) is 21.9. The standard InChI is InChI=1S/C23H20ClN5O2S/c1-15-3-4-17(13-20(15)24)26-21(30)14-32-23-28-27-22(16-9-11-25-12-10-16)29(23)18-5-7-19(31-2)8-6-18/h3-13H,14H2,1-2H3,(H,26,30). The van der Waals surface area contributed by atoms with Crippen molar-refractivity contribution in [3.8, 4) is 22.8 Å². The third-order valence-electron chi connectivity index (χ3n) is 4.69. The van der Waals surface area contributed by atoms with Gasteiger partial charge in [0.1, 0.15) is 5.75 Å². The lowest BCUT2D eigenvalue weighted by molar-refractivity contribution is -0.113. The summed E-state index contributed by atoms with van der Waals surface area (Å²) in [4.78, 5) is 16.6. The van der Waals surface area contributed by atoms with Crippen LogP contribution in [0, 0.1) is 6.92 Å². The summed E-state index contributed by atoms with van der Waals surface area (Å²) in [6.45, 7) is 1.91. The maximum Gasteiger partial charge on any atom is 0.234 e. The zero-order valence-corrected chi connectivity index (χ0v) is 19.0. The van der Waals surface area contributed by atoms with E-state index >= 15 is 0 Å². The van der Waals surface area contributed by atoms with E-state index in [1.165, 1.54) is 11.8 Å². The van der Waals surface area contributed by atoms with Crippen molar-refractivity contribution >= 4 is 35.0 Å². The number of thioether (sulfide) groups is 1. The lowest BCUT2D eigenvalue weighted by Gasteiger charge is -2.11. The molecule has 32 heavy (non-hydrogen) atoms. The van der Waals surface area contributed by atoms with E-state index in [1.807, 2.05) is 60.0 Å². The molecule has 162 valence electrons. The Labute approximate surface area is 194 Å². The van der Waals surface area contributed by atoms with Gasteiger partial charge in [-0.15, -0.1) is 10.2 Å². The second kappa shape index (κ2) is 9.84. The molecular weight excluding hydrogens is 446 g/mol. The Morgan fingerprint density at radius 2 is 1.84 bits per heavy atom. The molecule has 0 aliphatic carbocycles. The van der Waals surface area contributed by atoms with E-state index in [2.05, 4.69) is 20.5 Å². The number of methoxy groups -OCH3 is 1. The third kappa shape index (κ3) is 4.92. The van der Waals surface area contributed by atoms with Crippen LogP contribution in [0.1, 0.15) is 5.56 Å². The largest absolute Gasteiger partial charge is 0.497 e. The first-order valence-corrected chi connectivity index (χ1v) is 11.1. The van der Waals surface area contributed by atoms with E-state index in [4.69, 9.17) is 16.3 Å². The van der Waals surface area contributed by atoms with Crippen molar-refractivity contribution in [1.82, 2.24) is 19.7 Å². The number of hydrogen-bond acceptors (Lipinski definition) is 6. The minimum Gasteiger partial charge on any atom is -0.497 e. The molecule has 4 aromatic rings. The number of carbonyl (C=O) groups excluding carboxylic acids is 1. The molecule has 0 unspecified atom stereocenters. The number of ether oxygens (including phenoxy) is 1. The van der Waals surface area contributed by atoms with E-state index in [0.29, 0.717) is 21.7 Å². The van der Waals surface area contributed by atoms with E-state index in [-0.39, 0.29) is 11.7 Å². The van der Waals surface area contributed by atoms with Crippen molar-refractivity contribution < 1.29 is 9.53 Å². The van der Waals surface area contributed by atoms with Gasteiger partial charge in [-0.2, -0.15) is 0 Å². The molecule has 2 heterocycles. The summed E-state index contributed by atoms with van der Waals surface area (Å²) in [7, 11) is 1.62. The summed E-state index contributed by atoms with van der Waals surface area (Å²) in [6, 6.07) is 16.7. The van der Waals surface area contributed by atoms with Crippen molar-refractivity contribution in [2.75, 3.05) is 18.2 Å². The molecule has 1 amide bonds. The molecule has 1 N–H and O–H groups in total. The molecule has 0 bridgehead atoms. The van der Waals surface area contributed by atoms with Crippen LogP contribution < -0.4 is 10.1 Å². The van der Waals surface area contributed by atoms with Crippen molar-refractivity contribution in [2.24, 2.45) is 0 Å². The van der Waals surface area contributed by atoms with Crippen molar-refractivity contribution in [1.29, 1.82) is 0 Å². The van der Waals surface area contributed by atoms with Gasteiger partial charge >= 0.3 is 0 Å². The number of halogens is 1. The molecule has 4 rings (SSSR count). The Morgan fingerprint density at radius 1 is 1.09 bits per heavy atom. The maximum atomic E-state index is 12.5. The number of nitrogens with zero attached hydrogens (tertiary/aromatic N) is 4. The monoisotopic (exact) mass is 465 g/mol. The average molecular weight is 466 g/mol. The number of pyridine rings is 1. The molecule has 0 atom stereocenters. The smallest absolute Gasteiger partial charge is 0.234 e. The fourth-order valence-corrected chi connectivity index (χ4v) is 3.95. The molecule has 0 saturated heterocycles. The van der Waals surface area contributed by atoms with E-state index in [9.17, 15) is 4.79 Å². The van der Waals surface area contributed by atoms with Crippen LogP contribution >= 0.6 is 23.4 Å². The van der Waals surface area contributed by atoms with Gasteiger partial charge in [0.05, 0.1) is 12.9 Å². The van der Waals surface area contributed by atoms with Crippen LogP contribution in [0.25, 0.3) is 17.1 Å². The molecule has 0 fully saturated rings. The van der Waals surface area contributed by atoms with Gasteiger partial charge in [-0.05, 0) is 61.0 Å². The summed E-state index contributed by atoms with van der Waals surface area (Å²) in [5.41, 5.74) is 3.33. The molecule has 0 radical (unpaired) electrons. The predicted octanol–water partition coefficient (Wildman–Crippen LogP) is 5.03. The number of aryl methyl sites for hydroxylation is 1. The highest BCUT2D eigenvalue weighted by Gasteiger charge is 2.17. The van der Waals surface area contributed by atoms with E-state index in [1.54, 1.807) is 25.6 Å². The van der Waals surface area contributed by atoms with Crippen LogP contribution in [-0.4, -0.2) is 38.5 Å². The van der Waals surface area contributed by atoms with Gasteiger partial charge in [0.15, 0.2) is 11.0 Å². The van der Waals surface area contributed by atoms with Gasteiger partial charge in [-0.3, -0.25) is 14.3 Å². The predicted molar refractivity (Wildman–Crippen MR) is 127 cm³/mol. The number of hydrogen-bond donors (Lipinski definition) is 1. The van der Waals surface area contributed by atoms with Crippen molar-refractivity contribution in [3.05, 3.63) is 77.6 Å². The summed E-state index contributed by atoms with van der Waals surface area (Å²) in [5.74, 6) is 1.41. The zero-order chi connectivity index (χ0) is 22.5. The van der Waals surface area contributed by atoms with E-state index in [0.717, 1.165) is 22.6 Å². The Balaban J connectivity index is 1.58. The summed E-state index contributed by atoms with van der Waals surface area (Å²) >= 11 is 7.45. The SMILES string of the molecule is COc1ccc(-n2c(SCC(=O)Nc3ccc(C)c(Cl)c3)nnc2-c2ccncc2)cc1. The van der Waals surface area contributed by atoms with Gasteiger partial charge in [-0.1, -0.05) is 29.4 Å². The molecule has 0 spiro atoms. The Morgan fingerprint density at radius 3 is 2.53 bits per heavy atom. The van der Waals surface area contributed by atoms with Crippen LogP contribution in [-0.2, 0) is 4.79 Å². The van der Waals surface area contributed by atoms with Gasteiger partial charge in [0.25, 0.3) is 0 Å². The zero-order valence-electron chi connectivity index (χ0n) is 17.4. The molecule has 9 heteroatoms. The molecule has 2 aromatic heterocycles. The molecule has 0 aliphatic rings. The van der Waals surface area contributed by atoms with Crippen LogP contribution in [0.5, 0.6) is 5.75 Å². The number of anilines is 1. The quantitative estimate of drug-likeness (QED) is 0.385. The Kier molecular flexibility index (Phi) is 6.72. The lowest BCUT2D eigenvalue weighted by atomic mass is 10.2. The molecule has 2 aromatic carbocycles. The number of benzene rings is 2. The maximum absolute atomic E-state index is 12.5. The summed E-state index contributed by atoms with van der Waals surface area (Å²) < 4.78 is 7.18. The van der Waals surface area contributed by atoms with Crippen molar-refractivity contribution in [3.63, 3.8) is 0 Å². The minimum atomic E-state index is -0.162. The highest BCUT2D eigenvalue weighted by atomic mass is 35.5. The highest BCUT2D eigenvalue weighted by Crippen LogP contribution is 2.29. The van der Waals surface area contributed by atoms with Gasteiger partial charge in [0.2, 0.25) is 5.91 Å². The first-order chi connectivity index (χ1) is 15.5. The van der Waals surface area contributed by atoms with E-state index < -0.39 is 0 Å². The normalized spacial score (nSPS) is 10.7. The summed E-state index contributed by atoms with van der Waals surface area (Å²) in [5, 5.41) is 12.8. The number of nitrogens with one attached hydrogen (secondary N) is 1. The molecule has 0 saturated carbocycles. The second-order valence-corrected chi connectivity index (χ2v) is 8.23. The first-order valence-electron chi connectivity index (χ1n) is 9.74. The van der Waals surface area contributed by atoms with Crippen molar-refractivity contribution in [2.45, 2.75) is 12.1 Å². The van der Waals surface area contributed by atoms with Crippen LogP contribution in [0.4, 0.5) is 5.69 Å². The Hall–Kier alpha value is -3.36. The fourth-order valence-electron chi connectivity index (χ4n) is 3.01. The van der Waals surface area contributed by atoms with Gasteiger partial charge in [-0.25, -0.2) is 0 Å². The number of aromatic nitrogens is 4. The minimum absolute atomic E-state index is 0.162. The topological polar surface area (TPSA) is 81.9 Å². The number of amides is 1. The second-order valence-electron chi connectivity index (χ2n) is 6.88. The summed E-state index contributed by atoms with van der Waals surface area (Å²) in [6.07, 6.45) is 3.41. The van der Waals surface area contributed by atoms with Gasteiger partial charge in [0, 0.05) is 34.4 Å². The highest BCUT2D eigenvalue weighted by molar-refractivity contribution is 7.99.